The summed E-state index contributed by atoms with van der Waals surface area (Å²) in [6, 6.07) is 14.0. The second kappa shape index (κ2) is 9.87. The summed E-state index contributed by atoms with van der Waals surface area (Å²) >= 11 is 0. The number of rotatable bonds is 9. The first-order valence-electron chi connectivity index (χ1n) is 9.77. The Hall–Kier alpha value is -3.15. The number of carbonyl (C=O) groups is 1. The lowest BCUT2D eigenvalue weighted by Gasteiger charge is -2.07. The van der Waals surface area contributed by atoms with Crippen molar-refractivity contribution in [3.05, 3.63) is 75.8 Å². The second-order valence-corrected chi connectivity index (χ2v) is 6.98. The summed E-state index contributed by atoms with van der Waals surface area (Å²) in [5, 5.41) is 3.73. The van der Waals surface area contributed by atoms with Crippen LogP contribution in [0.15, 0.2) is 53.3 Å². The van der Waals surface area contributed by atoms with Crippen LogP contribution in [0.3, 0.4) is 0 Å². The van der Waals surface area contributed by atoms with Crippen molar-refractivity contribution in [2.75, 3.05) is 13.7 Å². The summed E-state index contributed by atoms with van der Waals surface area (Å²) < 4.78 is 18.8. The van der Waals surface area contributed by atoms with E-state index in [0.29, 0.717) is 36.3 Å². The molecular weight excluding hydrogens is 371 g/mol. The summed E-state index contributed by atoms with van der Waals surface area (Å²) in [6.45, 7) is 0.540. The van der Waals surface area contributed by atoms with E-state index in [2.05, 4.69) is 10.3 Å². The number of benzene rings is 2. The molecule has 3 aromatic rings. The Balaban J connectivity index is 1.45. The van der Waals surface area contributed by atoms with E-state index in [1.54, 1.807) is 37.4 Å². The molecule has 0 radical (unpaired) electrons. The molecule has 152 valence electrons. The lowest BCUT2D eigenvalue weighted by atomic mass is 10.1. The Labute approximate surface area is 168 Å². The van der Waals surface area contributed by atoms with Gasteiger partial charge >= 0.3 is 0 Å². The zero-order chi connectivity index (χ0) is 20.6. The molecule has 0 bridgehead atoms. The molecule has 0 aliphatic heterocycles. The predicted molar refractivity (Wildman–Crippen MR) is 112 cm³/mol. The molecule has 5 nitrogen and oxygen atoms in total. The molecule has 0 atom stereocenters. The van der Waals surface area contributed by atoms with Crippen LogP contribution in [-0.4, -0.2) is 24.5 Å². The Kier molecular flexibility index (Phi) is 7.00. The highest BCUT2D eigenvalue weighted by Gasteiger charge is 2.08. The Morgan fingerprint density at radius 3 is 2.69 bits per heavy atom. The van der Waals surface area contributed by atoms with Gasteiger partial charge in [0.2, 0.25) is 5.91 Å². The first-order chi connectivity index (χ1) is 14.1. The molecule has 1 amide bonds. The number of carbonyl (C=O) groups excluding carboxylic acids is 1. The van der Waals surface area contributed by atoms with Crippen LogP contribution in [0, 0.1) is 5.82 Å². The standard InChI is InChI=1S/C23H25FN2O3/c1-29-19-10-11-21-18(15-19)14-17(23(28)26-21)9-12-22(27)25-13-5-4-7-16-6-2-3-8-20(16)24/h2-3,6,8,10-11,14-15H,4-5,7,9,12-13H2,1H3,(H,25,27)(H,26,28). The molecule has 1 heterocycles. The van der Waals surface area contributed by atoms with Gasteiger partial charge in [-0.25, -0.2) is 4.39 Å². The molecular formula is C23H25FN2O3. The van der Waals surface area contributed by atoms with Crippen LogP contribution in [0.1, 0.15) is 30.4 Å². The number of ether oxygens (including phenoxy) is 1. The van der Waals surface area contributed by atoms with Gasteiger partial charge in [0, 0.05) is 29.4 Å². The average Bonchev–Trinajstić information content (AvgIpc) is 2.73. The number of nitrogens with one attached hydrogen (secondary N) is 2. The lowest BCUT2D eigenvalue weighted by molar-refractivity contribution is -0.121. The number of amides is 1. The first-order valence-corrected chi connectivity index (χ1v) is 9.77. The molecule has 29 heavy (non-hydrogen) atoms. The van der Waals surface area contributed by atoms with E-state index in [1.165, 1.54) is 6.07 Å². The van der Waals surface area contributed by atoms with Crippen molar-refractivity contribution >= 4 is 16.8 Å². The minimum atomic E-state index is -0.185. The number of aryl methyl sites for hydroxylation is 2. The van der Waals surface area contributed by atoms with Gasteiger partial charge in [0.05, 0.1) is 7.11 Å². The van der Waals surface area contributed by atoms with Crippen LogP contribution in [0.5, 0.6) is 5.75 Å². The predicted octanol–water partition coefficient (Wildman–Crippen LogP) is 3.75. The van der Waals surface area contributed by atoms with E-state index in [4.69, 9.17) is 4.74 Å². The normalized spacial score (nSPS) is 10.8. The molecule has 0 aliphatic rings. The number of aromatic amines is 1. The van der Waals surface area contributed by atoms with Crippen molar-refractivity contribution in [2.24, 2.45) is 0 Å². The minimum absolute atomic E-state index is 0.0963. The second-order valence-electron chi connectivity index (χ2n) is 6.98. The highest BCUT2D eigenvalue weighted by Crippen LogP contribution is 2.19. The Bertz CT molecular complexity index is 1050. The van der Waals surface area contributed by atoms with Gasteiger partial charge in [-0.3, -0.25) is 9.59 Å². The Morgan fingerprint density at radius 1 is 1.07 bits per heavy atom. The largest absolute Gasteiger partial charge is 0.497 e. The van der Waals surface area contributed by atoms with Crippen LogP contribution in [0.25, 0.3) is 10.9 Å². The van der Waals surface area contributed by atoms with Gasteiger partial charge in [-0.2, -0.15) is 0 Å². The SMILES string of the molecule is COc1ccc2[nH]c(=O)c(CCC(=O)NCCCCc3ccccc3F)cc2c1. The highest BCUT2D eigenvalue weighted by molar-refractivity contribution is 5.81. The molecule has 2 N–H and O–H groups in total. The van der Waals surface area contributed by atoms with Crippen molar-refractivity contribution in [1.82, 2.24) is 10.3 Å². The number of hydrogen-bond acceptors (Lipinski definition) is 3. The molecule has 2 aromatic carbocycles. The maximum atomic E-state index is 13.6. The van der Waals surface area contributed by atoms with Gasteiger partial charge in [-0.05, 0) is 61.6 Å². The fourth-order valence-corrected chi connectivity index (χ4v) is 3.25. The molecule has 0 saturated heterocycles. The monoisotopic (exact) mass is 396 g/mol. The van der Waals surface area contributed by atoms with E-state index in [1.807, 2.05) is 12.1 Å². The summed E-state index contributed by atoms with van der Waals surface area (Å²) in [4.78, 5) is 27.1. The molecule has 0 spiro atoms. The molecule has 0 unspecified atom stereocenters. The van der Waals surface area contributed by atoms with Gasteiger partial charge in [-0.1, -0.05) is 18.2 Å². The highest BCUT2D eigenvalue weighted by atomic mass is 19.1. The molecule has 0 saturated carbocycles. The number of unbranched alkanes of at least 4 members (excludes halogenated alkanes) is 1. The Morgan fingerprint density at radius 2 is 1.90 bits per heavy atom. The molecule has 0 fully saturated rings. The maximum absolute atomic E-state index is 13.6. The van der Waals surface area contributed by atoms with Crippen molar-refractivity contribution < 1.29 is 13.9 Å². The van der Waals surface area contributed by atoms with Crippen molar-refractivity contribution in [3.63, 3.8) is 0 Å². The van der Waals surface area contributed by atoms with Gasteiger partial charge in [0.1, 0.15) is 11.6 Å². The lowest BCUT2D eigenvalue weighted by Crippen LogP contribution is -2.25. The van der Waals surface area contributed by atoms with E-state index in [9.17, 15) is 14.0 Å². The van der Waals surface area contributed by atoms with Gasteiger partial charge < -0.3 is 15.0 Å². The number of methoxy groups -OCH3 is 1. The van der Waals surface area contributed by atoms with Crippen molar-refractivity contribution in [3.8, 4) is 5.75 Å². The zero-order valence-electron chi connectivity index (χ0n) is 16.5. The van der Waals surface area contributed by atoms with Gasteiger partial charge in [0.25, 0.3) is 5.56 Å². The summed E-state index contributed by atoms with van der Waals surface area (Å²) in [7, 11) is 1.59. The van der Waals surface area contributed by atoms with Gasteiger partial charge in [-0.15, -0.1) is 0 Å². The van der Waals surface area contributed by atoms with E-state index >= 15 is 0 Å². The van der Waals surface area contributed by atoms with Crippen molar-refractivity contribution in [1.29, 1.82) is 0 Å². The third-order valence-corrected chi connectivity index (χ3v) is 4.90. The van der Waals surface area contributed by atoms with Crippen LogP contribution in [0.2, 0.25) is 0 Å². The quantitative estimate of drug-likeness (QED) is 0.541. The van der Waals surface area contributed by atoms with E-state index in [-0.39, 0.29) is 23.7 Å². The summed E-state index contributed by atoms with van der Waals surface area (Å²) in [5.74, 6) is 0.430. The maximum Gasteiger partial charge on any atom is 0.251 e. The molecule has 3 rings (SSSR count). The average molecular weight is 396 g/mol. The third kappa shape index (κ3) is 5.67. The summed E-state index contributed by atoms with van der Waals surface area (Å²) in [5.41, 5.74) is 1.82. The number of fused-ring (bicyclic) bond motifs is 1. The van der Waals surface area contributed by atoms with Gasteiger partial charge in [0.15, 0.2) is 0 Å². The fraction of sp³-hybridized carbons (Fsp3) is 0.304. The number of H-pyrrole nitrogens is 1. The molecule has 1 aromatic heterocycles. The topological polar surface area (TPSA) is 71.2 Å². The molecule has 6 heteroatoms. The van der Waals surface area contributed by atoms with Crippen molar-refractivity contribution in [2.45, 2.75) is 32.1 Å². The van der Waals surface area contributed by atoms with Crippen LogP contribution < -0.4 is 15.6 Å². The minimum Gasteiger partial charge on any atom is -0.497 e. The first kappa shape index (κ1) is 20.6. The number of halogens is 1. The third-order valence-electron chi connectivity index (χ3n) is 4.90. The smallest absolute Gasteiger partial charge is 0.251 e. The zero-order valence-corrected chi connectivity index (χ0v) is 16.5. The summed E-state index contributed by atoms with van der Waals surface area (Å²) in [6.07, 6.45) is 2.83. The number of hydrogen-bond donors (Lipinski definition) is 2. The fourth-order valence-electron chi connectivity index (χ4n) is 3.25. The van der Waals surface area contributed by atoms with Crippen LogP contribution in [0.4, 0.5) is 4.39 Å². The van der Waals surface area contributed by atoms with E-state index < -0.39 is 0 Å². The van der Waals surface area contributed by atoms with Crippen LogP contribution >= 0.6 is 0 Å². The van der Waals surface area contributed by atoms with Crippen LogP contribution in [-0.2, 0) is 17.6 Å². The van der Waals surface area contributed by atoms with E-state index in [0.717, 1.165) is 23.7 Å². The number of pyridine rings is 1. The molecule has 0 aliphatic carbocycles. The number of aromatic nitrogens is 1.